The summed E-state index contributed by atoms with van der Waals surface area (Å²) in [6, 6.07) is 8.17. The molecule has 0 aliphatic carbocycles. The Balaban J connectivity index is 2.22. The van der Waals surface area contributed by atoms with Gasteiger partial charge in [0.25, 0.3) is 0 Å². The lowest BCUT2D eigenvalue weighted by molar-refractivity contribution is -0.115. The molecule has 0 unspecified atom stereocenters. The van der Waals surface area contributed by atoms with Gasteiger partial charge in [0.1, 0.15) is 11.6 Å². The molecule has 0 saturated heterocycles. The van der Waals surface area contributed by atoms with Crippen LogP contribution >= 0.6 is 0 Å². The zero-order valence-electron chi connectivity index (χ0n) is 14.7. The molecule has 126 valence electrons. The Morgan fingerprint density at radius 3 is 2.68 bits per heavy atom. The van der Waals surface area contributed by atoms with E-state index in [1.54, 1.807) is 6.92 Å². The van der Waals surface area contributed by atoms with E-state index in [2.05, 4.69) is 35.5 Å². The van der Waals surface area contributed by atoms with Crippen molar-refractivity contribution in [3.05, 3.63) is 46.6 Å². The summed E-state index contributed by atoms with van der Waals surface area (Å²) >= 11 is 0. The Bertz CT molecular complexity index is 1030. The molecule has 6 heteroatoms. The molecule has 1 amide bonds. The van der Waals surface area contributed by atoms with Crippen molar-refractivity contribution in [2.75, 3.05) is 5.32 Å². The van der Waals surface area contributed by atoms with Gasteiger partial charge < -0.3 is 5.32 Å². The van der Waals surface area contributed by atoms with Crippen LogP contribution in [0.2, 0.25) is 0 Å². The van der Waals surface area contributed by atoms with E-state index in [1.165, 1.54) is 16.4 Å². The fraction of sp³-hybridized carbons (Fsp3) is 0.263. The first-order valence-electron chi connectivity index (χ1n) is 8.11. The minimum Gasteiger partial charge on any atom is -0.309 e. The molecule has 0 atom stereocenters. The molecule has 0 saturated carbocycles. The molecule has 0 spiro atoms. The summed E-state index contributed by atoms with van der Waals surface area (Å²) < 4.78 is 1.51. The predicted molar refractivity (Wildman–Crippen MR) is 96.7 cm³/mol. The number of anilines is 1. The van der Waals surface area contributed by atoms with Crippen LogP contribution in [0.4, 0.5) is 5.82 Å². The van der Waals surface area contributed by atoms with E-state index in [1.807, 2.05) is 19.9 Å². The summed E-state index contributed by atoms with van der Waals surface area (Å²) in [5.41, 5.74) is 4.52. The van der Waals surface area contributed by atoms with Crippen molar-refractivity contribution >= 4 is 22.6 Å². The van der Waals surface area contributed by atoms with Crippen LogP contribution in [0.15, 0.2) is 24.4 Å². The number of aromatic nitrogens is 3. The van der Waals surface area contributed by atoms with Gasteiger partial charge in [-0.2, -0.15) is 15.0 Å². The van der Waals surface area contributed by atoms with Crippen LogP contribution in [-0.2, 0) is 4.79 Å². The first kappa shape index (κ1) is 16.7. The van der Waals surface area contributed by atoms with Crippen LogP contribution in [0, 0.1) is 32.1 Å². The number of nitrogens with zero attached hydrogens (tertiary/aromatic N) is 4. The van der Waals surface area contributed by atoms with Crippen molar-refractivity contribution in [2.45, 2.75) is 34.1 Å². The molecule has 2 heterocycles. The summed E-state index contributed by atoms with van der Waals surface area (Å²) in [6.07, 6.45) is 1.76. The van der Waals surface area contributed by atoms with Crippen molar-refractivity contribution < 1.29 is 4.79 Å². The van der Waals surface area contributed by atoms with Crippen molar-refractivity contribution in [3.63, 3.8) is 0 Å². The minimum absolute atomic E-state index is 0.178. The number of aryl methyl sites for hydroxylation is 3. The van der Waals surface area contributed by atoms with E-state index in [0.29, 0.717) is 23.6 Å². The molecule has 3 rings (SSSR count). The van der Waals surface area contributed by atoms with Crippen LogP contribution in [0.25, 0.3) is 16.7 Å². The Morgan fingerprint density at radius 1 is 1.24 bits per heavy atom. The fourth-order valence-electron chi connectivity index (χ4n) is 2.88. The van der Waals surface area contributed by atoms with Crippen LogP contribution in [0.5, 0.6) is 0 Å². The average molecular weight is 333 g/mol. The Kier molecular flexibility index (Phi) is 4.24. The first-order chi connectivity index (χ1) is 11.9. The number of nitrogens with one attached hydrogen (secondary N) is 1. The van der Waals surface area contributed by atoms with Gasteiger partial charge in [0.2, 0.25) is 5.91 Å². The zero-order valence-corrected chi connectivity index (χ0v) is 14.7. The van der Waals surface area contributed by atoms with Gasteiger partial charge in [0.05, 0.1) is 11.7 Å². The summed E-state index contributed by atoms with van der Waals surface area (Å²) in [5.74, 6) is 0.748. The first-order valence-corrected chi connectivity index (χ1v) is 8.11. The van der Waals surface area contributed by atoms with Gasteiger partial charge in [0, 0.05) is 11.8 Å². The monoisotopic (exact) mass is 333 g/mol. The smallest absolute Gasteiger partial charge is 0.225 e. The number of carbonyl (C=O) groups is 1. The van der Waals surface area contributed by atoms with Crippen molar-refractivity contribution in [1.29, 1.82) is 5.26 Å². The van der Waals surface area contributed by atoms with Gasteiger partial charge in [-0.3, -0.25) is 4.79 Å². The highest BCUT2D eigenvalue weighted by Gasteiger charge is 2.16. The summed E-state index contributed by atoms with van der Waals surface area (Å²) in [7, 11) is 0. The van der Waals surface area contributed by atoms with Gasteiger partial charge in [-0.05, 0) is 44.0 Å². The van der Waals surface area contributed by atoms with Crippen molar-refractivity contribution in [2.24, 2.45) is 0 Å². The number of benzene rings is 1. The number of carbonyl (C=O) groups excluding carboxylic acids is 1. The van der Waals surface area contributed by atoms with Gasteiger partial charge in [-0.15, -0.1) is 0 Å². The van der Waals surface area contributed by atoms with Gasteiger partial charge >= 0.3 is 0 Å². The molecule has 0 aliphatic heterocycles. The summed E-state index contributed by atoms with van der Waals surface area (Å²) in [4.78, 5) is 16.5. The maximum absolute atomic E-state index is 11.8. The lowest BCUT2D eigenvalue weighted by Crippen LogP contribution is -2.15. The maximum Gasteiger partial charge on any atom is 0.225 e. The standard InChI is InChI=1S/C19H19N5O/c1-5-17(25)23-19-14(9-20)10-21-24(19)16-8-12(3)15-7-11(2)6-13(4)18(15)22-16/h6-8,10H,5H2,1-4H3,(H,23,25). The number of nitriles is 1. The number of pyridine rings is 1. The van der Waals surface area contributed by atoms with E-state index in [9.17, 15) is 10.1 Å². The largest absolute Gasteiger partial charge is 0.309 e. The van der Waals surface area contributed by atoms with E-state index in [4.69, 9.17) is 4.98 Å². The number of fused-ring (bicyclic) bond motifs is 1. The minimum atomic E-state index is -0.178. The second-order valence-electron chi connectivity index (χ2n) is 6.11. The van der Waals surface area contributed by atoms with E-state index < -0.39 is 0 Å². The third kappa shape index (κ3) is 2.96. The molecule has 0 fully saturated rings. The van der Waals surface area contributed by atoms with Gasteiger partial charge in [-0.25, -0.2) is 4.98 Å². The Labute approximate surface area is 146 Å². The molecule has 3 aromatic rings. The van der Waals surface area contributed by atoms with Crippen LogP contribution in [0.3, 0.4) is 0 Å². The number of hydrogen-bond donors (Lipinski definition) is 1. The average Bonchev–Trinajstić information content (AvgIpc) is 2.98. The highest BCUT2D eigenvalue weighted by Crippen LogP contribution is 2.26. The molecular formula is C19H19N5O. The van der Waals surface area contributed by atoms with Crippen LogP contribution < -0.4 is 5.32 Å². The number of rotatable bonds is 3. The molecule has 0 bridgehead atoms. The summed E-state index contributed by atoms with van der Waals surface area (Å²) in [5, 5.41) is 17.4. The topological polar surface area (TPSA) is 83.6 Å². The van der Waals surface area contributed by atoms with E-state index >= 15 is 0 Å². The van der Waals surface area contributed by atoms with Gasteiger partial charge in [-0.1, -0.05) is 18.6 Å². The van der Waals surface area contributed by atoms with Gasteiger partial charge in [0.15, 0.2) is 11.6 Å². The summed E-state index contributed by atoms with van der Waals surface area (Å²) in [6.45, 7) is 7.86. The molecule has 25 heavy (non-hydrogen) atoms. The highest BCUT2D eigenvalue weighted by atomic mass is 16.1. The molecule has 6 nitrogen and oxygen atoms in total. The molecule has 1 N–H and O–H groups in total. The third-order valence-electron chi connectivity index (χ3n) is 4.13. The lowest BCUT2D eigenvalue weighted by Gasteiger charge is -2.12. The SMILES string of the molecule is CCC(=O)Nc1c(C#N)cnn1-c1cc(C)c2cc(C)cc(C)c2n1. The van der Waals surface area contributed by atoms with E-state index in [0.717, 1.165) is 22.0 Å². The maximum atomic E-state index is 11.8. The van der Waals surface area contributed by atoms with E-state index in [-0.39, 0.29) is 5.91 Å². The Morgan fingerprint density at radius 2 is 2.00 bits per heavy atom. The molecule has 0 aliphatic rings. The predicted octanol–water partition coefficient (Wildman–Crippen LogP) is 3.57. The van der Waals surface area contributed by atoms with Crippen LogP contribution in [0.1, 0.15) is 35.6 Å². The molecule has 1 aromatic carbocycles. The lowest BCUT2D eigenvalue weighted by atomic mass is 10.0. The zero-order chi connectivity index (χ0) is 18.1. The second kappa shape index (κ2) is 6.36. The Hall–Kier alpha value is -3.20. The molecular weight excluding hydrogens is 314 g/mol. The quantitative estimate of drug-likeness (QED) is 0.794. The second-order valence-corrected chi connectivity index (χ2v) is 6.11. The van der Waals surface area contributed by atoms with Crippen molar-refractivity contribution in [1.82, 2.24) is 14.8 Å². The molecule has 2 aromatic heterocycles. The third-order valence-corrected chi connectivity index (χ3v) is 4.13. The highest BCUT2D eigenvalue weighted by molar-refractivity contribution is 5.91. The fourth-order valence-corrected chi connectivity index (χ4v) is 2.88. The van der Waals surface area contributed by atoms with Crippen LogP contribution in [-0.4, -0.2) is 20.7 Å². The van der Waals surface area contributed by atoms with Crippen molar-refractivity contribution in [3.8, 4) is 11.9 Å². The normalized spacial score (nSPS) is 10.7. The number of amides is 1. The molecule has 0 radical (unpaired) electrons. The number of hydrogen-bond acceptors (Lipinski definition) is 4.